The van der Waals surface area contributed by atoms with Gasteiger partial charge in [0.05, 0.1) is 24.7 Å². The van der Waals surface area contributed by atoms with Gasteiger partial charge in [0.25, 0.3) is 0 Å². The Hall–Kier alpha value is -3.43. The number of halogens is 3. The highest BCUT2D eigenvalue weighted by Crippen LogP contribution is 2.29. The minimum absolute atomic E-state index is 0.0316. The molecule has 0 aliphatic rings. The van der Waals surface area contributed by atoms with Gasteiger partial charge in [-0.3, -0.25) is 4.68 Å². The zero-order valence-corrected chi connectivity index (χ0v) is 21.7. The number of rotatable bonds is 7. The van der Waals surface area contributed by atoms with E-state index in [1.165, 1.54) is 13.2 Å². The van der Waals surface area contributed by atoms with Gasteiger partial charge in [-0.25, -0.2) is 9.37 Å². The molecule has 0 aliphatic carbocycles. The van der Waals surface area contributed by atoms with Crippen LogP contribution in [-0.4, -0.2) is 36.2 Å². The molecule has 0 amide bonds. The Labute approximate surface area is 217 Å². The Kier molecular flexibility index (Phi) is 6.44. The number of anilines is 1. The number of aromatic nitrogens is 6. The Morgan fingerprint density at radius 3 is 2.64 bits per heavy atom. The van der Waals surface area contributed by atoms with Crippen LogP contribution in [0.25, 0.3) is 16.7 Å². The Bertz CT molecular complexity index is 1600. The summed E-state index contributed by atoms with van der Waals surface area (Å²) >= 11 is 12.4. The number of fused-ring (bicyclic) bond motifs is 2. The van der Waals surface area contributed by atoms with Gasteiger partial charge in [0.1, 0.15) is 11.5 Å². The molecule has 4 heterocycles. The van der Waals surface area contributed by atoms with E-state index in [-0.39, 0.29) is 28.2 Å². The number of nitrogens with one attached hydrogen (secondary N) is 1. The normalized spacial score (nSPS) is 11.7. The number of ether oxygens (including phenoxy) is 1. The zero-order chi connectivity index (χ0) is 25.6. The third kappa shape index (κ3) is 4.44. The highest BCUT2D eigenvalue weighted by molar-refractivity contribution is 6.31. The lowest BCUT2D eigenvalue weighted by atomic mass is 10.1. The maximum absolute atomic E-state index is 14.7. The first-order chi connectivity index (χ1) is 17.2. The van der Waals surface area contributed by atoms with Crippen LogP contribution in [0.15, 0.2) is 36.7 Å². The van der Waals surface area contributed by atoms with Crippen LogP contribution in [0.4, 0.5) is 10.2 Å². The fourth-order valence-electron chi connectivity index (χ4n) is 4.26. The Balaban J connectivity index is 1.44. The van der Waals surface area contributed by atoms with E-state index in [2.05, 4.69) is 51.8 Å². The summed E-state index contributed by atoms with van der Waals surface area (Å²) in [4.78, 5) is 13.3. The van der Waals surface area contributed by atoms with Crippen LogP contribution in [0.3, 0.4) is 0 Å². The minimum atomic E-state index is -0.532. The van der Waals surface area contributed by atoms with E-state index in [9.17, 15) is 4.39 Å². The lowest BCUT2D eigenvalue weighted by molar-refractivity contribution is 0.384. The molecule has 0 saturated heterocycles. The maximum Gasteiger partial charge on any atom is 0.226 e. The van der Waals surface area contributed by atoms with Crippen molar-refractivity contribution >= 4 is 45.7 Å². The molecule has 1 aromatic carbocycles. The van der Waals surface area contributed by atoms with Crippen LogP contribution >= 0.6 is 23.2 Å². The molecule has 36 heavy (non-hydrogen) atoms. The molecular formula is C25H24Cl2FN7O. The summed E-state index contributed by atoms with van der Waals surface area (Å²) in [7, 11) is 1.40. The molecule has 0 radical (unpaired) electrons. The lowest BCUT2D eigenvalue weighted by Crippen LogP contribution is -2.06. The van der Waals surface area contributed by atoms with Gasteiger partial charge in [-0.05, 0) is 48.2 Å². The Morgan fingerprint density at radius 2 is 1.89 bits per heavy atom. The molecule has 11 heteroatoms. The van der Waals surface area contributed by atoms with E-state index in [0.717, 1.165) is 22.6 Å². The zero-order valence-electron chi connectivity index (χ0n) is 20.2. The first kappa shape index (κ1) is 24.3. The summed E-state index contributed by atoms with van der Waals surface area (Å²) in [6.45, 7) is 6.94. The molecule has 1 N–H and O–H groups in total. The van der Waals surface area contributed by atoms with Crippen molar-refractivity contribution in [2.45, 2.75) is 39.8 Å². The van der Waals surface area contributed by atoms with E-state index in [4.69, 9.17) is 32.9 Å². The third-order valence-corrected chi connectivity index (χ3v) is 6.57. The molecular weight excluding hydrogens is 504 g/mol. The van der Waals surface area contributed by atoms with Crippen molar-refractivity contribution < 1.29 is 9.13 Å². The van der Waals surface area contributed by atoms with Gasteiger partial charge in [0.15, 0.2) is 17.2 Å². The number of aryl methyl sites for hydroxylation is 1. The predicted octanol–water partition coefficient (Wildman–Crippen LogP) is 6.02. The van der Waals surface area contributed by atoms with E-state index >= 15 is 0 Å². The van der Waals surface area contributed by atoms with Gasteiger partial charge in [0, 0.05) is 35.2 Å². The molecule has 4 aromatic heterocycles. The molecule has 186 valence electrons. The molecule has 0 atom stereocenters. The first-order valence-electron chi connectivity index (χ1n) is 11.4. The van der Waals surface area contributed by atoms with Gasteiger partial charge in [0.2, 0.25) is 5.28 Å². The molecule has 5 rings (SSSR count). The van der Waals surface area contributed by atoms with Crippen LogP contribution in [0, 0.1) is 12.7 Å². The van der Waals surface area contributed by atoms with Crippen LogP contribution in [0.5, 0.6) is 5.75 Å². The SMILES string of the molecule is COc1ccc(Cl)c(CNc2nc(Cl)nc3nn(Cc4ccc5nc(C(C)C)c(C)n5c4)cc23)c1F. The summed E-state index contributed by atoms with van der Waals surface area (Å²) in [5.41, 5.74) is 4.86. The van der Waals surface area contributed by atoms with Crippen molar-refractivity contribution in [3.63, 3.8) is 0 Å². The highest BCUT2D eigenvalue weighted by atomic mass is 35.5. The standard InChI is InChI=1S/C25H24Cl2FN7O/c1-13(2)22-14(3)35-11-15(5-8-20(35)30-22)10-34-12-17-23(31-25(27)32-24(17)33-34)29-9-16-18(26)6-7-19(36-4)21(16)28/h5-8,11-13H,9-10H2,1-4H3,(H,29,31,32,33). The molecule has 0 spiro atoms. The number of imidazole rings is 1. The third-order valence-electron chi connectivity index (χ3n) is 6.05. The second-order valence-electron chi connectivity index (χ2n) is 8.80. The molecule has 5 aromatic rings. The number of nitrogens with zero attached hydrogens (tertiary/aromatic N) is 6. The van der Waals surface area contributed by atoms with Crippen molar-refractivity contribution in [2.75, 3.05) is 12.4 Å². The molecule has 0 fully saturated rings. The van der Waals surface area contributed by atoms with E-state index in [0.29, 0.717) is 29.3 Å². The fraction of sp³-hybridized carbons (Fsp3) is 0.280. The summed E-state index contributed by atoms with van der Waals surface area (Å²) in [6, 6.07) is 7.11. The number of hydrogen-bond donors (Lipinski definition) is 1. The summed E-state index contributed by atoms with van der Waals surface area (Å²) in [5, 5.41) is 8.66. The number of benzene rings is 1. The van der Waals surface area contributed by atoms with Crippen LogP contribution in [0.2, 0.25) is 10.3 Å². The smallest absolute Gasteiger partial charge is 0.226 e. The van der Waals surface area contributed by atoms with Crippen molar-refractivity contribution in [2.24, 2.45) is 0 Å². The Morgan fingerprint density at radius 1 is 1.08 bits per heavy atom. The maximum atomic E-state index is 14.7. The monoisotopic (exact) mass is 527 g/mol. The van der Waals surface area contributed by atoms with Gasteiger partial charge in [-0.15, -0.1) is 0 Å². The van der Waals surface area contributed by atoms with Crippen molar-refractivity contribution in [1.82, 2.24) is 29.1 Å². The van der Waals surface area contributed by atoms with E-state index in [1.807, 2.05) is 18.3 Å². The predicted molar refractivity (Wildman–Crippen MR) is 139 cm³/mol. The van der Waals surface area contributed by atoms with Crippen LogP contribution in [-0.2, 0) is 13.1 Å². The van der Waals surface area contributed by atoms with E-state index < -0.39 is 5.82 Å². The molecule has 8 nitrogen and oxygen atoms in total. The fourth-order valence-corrected chi connectivity index (χ4v) is 4.64. The minimum Gasteiger partial charge on any atom is -0.494 e. The van der Waals surface area contributed by atoms with Crippen molar-refractivity contribution in [1.29, 1.82) is 0 Å². The largest absolute Gasteiger partial charge is 0.494 e. The molecule has 0 bridgehead atoms. The second-order valence-corrected chi connectivity index (χ2v) is 9.55. The van der Waals surface area contributed by atoms with E-state index in [1.54, 1.807) is 10.7 Å². The summed E-state index contributed by atoms with van der Waals surface area (Å²) in [5.74, 6) is 0.354. The van der Waals surface area contributed by atoms with Gasteiger partial charge in [-0.1, -0.05) is 31.5 Å². The molecule has 0 unspecified atom stereocenters. The first-order valence-corrected chi connectivity index (χ1v) is 12.1. The quantitative estimate of drug-likeness (QED) is 0.260. The lowest BCUT2D eigenvalue weighted by Gasteiger charge is -2.11. The summed E-state index contributed by atoms with van der Waals surface area (Å²) < 4.78 is 23.7. The van der Waals surface area contributed by atoms with Crippen molar-refractivity contribution in [3.05, 3.63) is 75.3 Å². The summed E-state index contributed by atoms with van der Waals surface area (Å²) in [6.07, 6.45) is 3.91. The van der Waals surface area contributed by atoms with Crippen LogP contribution < -0.4 is 10.1 Å². The van der Waals surface area contributed by atoms with Gasteiger partial charge >= 0.3 is 0 Å². The second kappa shape index (κ2) is 9.55. The van der Waals surface area contributed by atoms with Gasteiger partial charge in [-0.2, -0.15) is 15.1 Å². The molecule has 0 aliphatic heterocycles. The topological polar surface area (TPSA) is 82.2 Å². The number of pyridine rings is 1. The average Bonchev–Trinajstić information content (AvgIpc) is 3.39. The average molecular weight is 528 g/mol. The highest BCUT2D eigenvalue weighted by Gasteiger charge is 2.17. The number of hydrogen-bond acceptors (Lipinski definition) is 6. The van der Waals surface area contributed by atoms with Gasteiger partial charge < -0.3 is 14.5 Å². The number of methoxy groups -OCH3 is 1. The van der Waals surface area contributed by atoms with Crippen molar-refractivity contribution in [3.8, 4) is 5.75 Å². The van der Waals surface area contributed by atoms with Crippen LogP contribution in [0.1, 0.15) is 42.3 Å². The molecule has 0 saturated carbocycles.